The normalized spacial score (nSPS) is 13.7. The molecular formula is C37H46N4O8. The fourth-order valence-electron chi connectivity index (χ4n) is 5.67. The summed E-state index contributed by atoms with van der Waals surface area (Å²) in [7, 11) is 3.11. The number of amides is 3. The molecule has 0 unspecified atom stereocenters. The molecule has 2 N–H and O–H groups in total. The molecule has 1 atom stereocenters. The molecule has 3 amide bonds. The van der Waals surface area contributed by atoms with E-state index in [9.17, 15) is 24.3 Å². The monoisotopic (exact) mass is 674 g/mol. The van der Waals surface area contributed by atoms with Crippen molar-refractivity contribution in [1.29, 1.82) is 0 Å². The lowest BCUT2D eigenvalue weighted by atomic mass is 9.97. The van der Waals surface area contributed by atoms with E-state index in [4.69, 9.17) is 14.2 Å². The van der Waals surface area contributed by atoms with Crippen LogP contribution in [0.3, 0.4) is 0 Å². The van der Waals surface area contributed by atoms with Gasteiger partial charge in [-0.2, -0.15) is 0 Å². The van der Waals surface area contributed by atoms with Crippen molar-refractivity contribution < 1.29 is 38.5 Å². The Balaban J connectivity index is 1.51. The van der Waals surface area contributed by atoms with Crippen molar-refractivity contribution in [3.63, 3.8) is 0 Å². The van der Waals surface area contributed by atoms with Crippen molar-refractivity contribution in [2.75, 3.05) is 51.8 Å². The van der Waals surface area contributed by atoms with Crippen LogP contribution >= 0.6 is 0 Å². The molecule has 0 aliphatic carbocycles. The number of phenols is 1. The average molecular weight is 675 g/mol. The lowest BCUT2D eigenvalue weighted by Gasteiger charge is -2.38. The molecule has 12 nitrogen and oxygen atoms in total. The number of alkyl carbamates (subject to hydrolysis) is 1. The van der Waals surface area contributed by atoms with Crippen molar-refractivity contribution in [2.24, 2.45) is 0 Å². The van der Waals surface area contributed by atoms with E-state index in [0.29, 0.717) is 63.1 Å². The van der Waals surface area contributed by atoms with E-state index in [2.05, 4.69) is 5.32 Å². The number of anilines is 1. The molecule has 1 saturated heterocycles. The summed E-state index contributed by atoms with van der Waals surface area (Å²) in [6, 6.07) is 18.9. The molecule has 49 heavy (non-hydrogen) atoms. The van der Waals surface area contributed by atoms with Gasteiger partial charge in [0.25, 0.3) is 5.91 Å². The van der Waals surface area contributed by atoms with Crippen LogP contribution in [0.5, 0.6) is 11.5 Å². The second-order valence-corrected chi connectivity index (χ2v) is 12.8. The Bertz CT molecular complexity index is 1600. The van der Waals surface area contributed by atoms with Crippen LogP contribution in [0.15, 0.2) is 66.7 Å². The topological polar surface area (TPSA) is 138 Å². The number of aromatic hydroxyl groups is 1. The first-order valence-corrected chi connectivity index (χ1v) is 16.3. The highest BCUT2D eigenvalue weighted by molar-refractivity contribution is 6.06. The minimum atomic E-state index is -0.615. The number of ether oxygens (including phenoxy) is 3. The first kappa shape index (κ1) is 36.6. The Kier molecular flexibility index (Phi) is 12.5. The van der Waals surface area contributed by atoms with Crippen molar-refractivity contribution in [3.05, 3.63) is 89.0 Å². The quantitative estimate of drug-likeness (QED) is 0.181. The van der Waals surface area contributed by atoms with Crippen LogP contribution in [0, 0.1) is 0 Å². The Morgan fingerprint density at radius 1 is 1.00 bits per heavy atom. The maximum atomic E-state index is 14.4. The Hall–Kier alpha value is -5.26. The smallest absolute Gasteiger partial charge is 0.410 e. The lowest BCUT2D eigenvalue weighted by Crippen LogP contribution is -2.50. The van der Waals surface area contributed by atoms with E-state index in [1.807, 2.05) is 56.0 Å². The number of hydrogen-bond donors (Lipinski definition) is 2. The maximum Gasteiger partial charge on any atom is 0.410 e. The standard InChI is InChI=1S/C37H46N4O8/c1-37(2,3)49-36(46)41-21-19-40(20-22-41)30-14-9-13-28(24-42)33(30)34(44)39(4)29(27-16-17-31(43)32(23-27)47-5)15-10-18-38-35(45)48-25-26-11-7-6-8-12-26/h6-9,11-14,16-17,23-24,29,43H,10,15,18-22,25H2,1-5H3,(H,38,45)/t29-/m1/s1. The second-order valence-electron chi connectivity index (χ2n) is 12.8. The molecule has 3 aromatic rings. The summed E-state index contributed by atoms with van der Waals surface area (Å²) in [5.41, 5.74) is 2.05. The molecule has 0 bridgehead atoms. The summed E-state index contributed by atoms with van der Waals surface area (Å²) in [4.78, 5) is 56.9. The SMILES string of the molecule is COc1cc([C@@H](CCCNC(=O)OCc2ccccc2)N(C)C(=O)c2c(C=O)cccc2N2CCN(C(=O)OC(C)(C)C)CC2)ccc1O. The molecule has 0 aromatic heterocycles. The number of methoxy groups -OCH3 is 1. The molecule has 262 valence electrons. The molecule has 1 aliphatic rings. The third kappa shape index (κ3) is 9.88. The van der Waals surface area contributed by atoms with Gasteiger partial charge in [0.15, 0.2) is 17.8 Å². The predicted octanol–water partition coefficient (Wildman–Crippen LogP) is 5.79. The number of piperazine rings is 1. The van der Waals surface area contributed by atoms with Gasteiger partial charge in [0, 0.05) is 45.3 Å². The molecule has 1 fully saturated rings. The van der Waals surface area contributed by atoms with Crippen molar-refractivity contribution in [2.45, 2.75) is 51.9 Å². The summed E-state index contributed by atoms with van der Waals surface area (Å²) < 4.78 is 16.2. The summed E-state index contributed by atoms with van der Waals surface area (Å²) in [6.07, 6.45) is 0.650. The first-order valence-electron chi connectivity index (χ1n) is 16.3. The molecule has 1 aliphatic heterocycles. The van der Waals surface area contributed by atoms with Gasteiger partial charge in [-0.25, -0.2) is 9.59 Å². The highest BCUT2D eigenvalue weighted by atomic mass is 16.6. The van der Waals surface area contributed by atoms with Gasteiger partial charge in [0.05, 0.1) is 24.4 Å². The van der Waals surface area contributed by atoms with Crippen LogP contribution in [0.1, 0.15) is 71.5 Å². The van der Waals surface area contributed by atoms with Gasteiger partial charge in [-0.3, -0.25) is 9.59 Å². The van der Waals surface area contributed by atoms with E-state index in [-0.39, 0.29) is 35.1 Å². The molecule has 0 spiro atoms. The molecule has 0 saturated carbocycles. The Morgan fingerprint density at radius 3 is 2.37 bits per heavy atom. The van der Waals surface area contributed by atoms with E-state index >= 15 is 0 Å². The third-order valence-corrected chi connectivity index (χ3v) is 8.20. The van der Waals surface area contributed by atoms with Gasteiger partial charge in [-0.05, 0) is 62.9 Å². The van der Waals surface area contributed by atoms with Gasteiger partial charge in [0.1, 0.15) is 12.2 Å². The van der Waals surface area contributed by atoms with Gasteiger partial charge in [-0.15, -0.1) is 0 Å². The number of hydrogen-bond acceptors (Lipinski definition) is 9. The zero-order valence-electron chi connectivity index (χ0n) is 28.8. The number of carbonyl (C=O) groups is 4. The van der Waals surface area contributed by atoms with Crippen LogP contribution in [0.25, 0.3) is 0 Å². The van der Waals surface area contributed by atoms with Crippen LogP contribution in [0.2, 0.25) is 0 Å². The molecule has 4 rings (SSSR count). The van der Waals surface area contributed by atoms with Crippen LogP contribution in [-0.4, -0.2) is 91.8 Å². The highest BCUT2D eigenvalue weighted by Gasteiger charge is 2.31. The number of nitrogens with one attached hydrogen (secondary N) is 1. The van der Waals surface area contributed by atoms with Crippen LogP contribution in [-0.2, 0) is 16.1 Å². The maximum absolute atomic E-state index is 14.4. The summed E-state index contributed by atoms with van der Waals surface area (Å²) in [5, 5.41) is 13.0. The number of benzene rings is 3. The lowest BCUT2D eigenvalue weighted by molar-refractivity contribution is 0.0240. The van der Waals surface area contributed by atoms with Crippen molar-refractivity contribution in [3.8, 4) is 11.5 Å². The zero-order chi connectivity index (χ0) is 35.6. The summed E-state index contributed by atoms with van der Waals surface area (Å²) in [5.74, 6) is -0.164. The minimum absolute atomic E-state index is 0.0408. The van der Waals surface area contributed by atoms with E-state index < -0.39 is 23.8 Å². The van der Waals surface area contributed by atoms with Gasteiger partial charge in [0.2, 0.25) is 0 Å². The predicted molar refractivity (Wildman–Crippen MR) is 185 cm³/mol. The molecule has 12 heteroatoms. The fourth-order valence-corrected chi connectivity index (χ4v) is 5.67. The number of aldehydes is 1. The van der Waals surface area contributed by atoms with E-state index in [1.165, 1.54) is 13.2 Å². The zero-order valence-corrected chi connectivity index (χ0v) is 28.8. The first-order chi connectivity index (χ1) is 23.4. The Labute approximate surface area is 287 Å². The third-order valence-electron chi connectivity index (χ3n) is 8.20. The molecular weight excluding hydrogens is 628 g/mol. The van der Waals surface area contributed by atoms with Gasteiger partial charge >= 0.3 is 12.2 Å². The molecule has 0 radical (unpaired) electrons. The van der Waals surface area contributed by atoms with Crippen molar-refractivity contribution >= 4 is 30.1 Å². The van der Waals surface area contributed by atoms with Crippen LogP contribution < -0.4 is 15.0 Å². The minimum Gasteiger partial charge on any atom is -0.504 e. The highest BCUT2D eigenvalue weighted by Crippen LogP contribution is 2.35. The van der Waals surface area contributed by atoms with Crippen LogP contribution in [0.4, 0.5) is 15.3 Å². The molecule has 3 aromatic carbocycles. The number of phenolic OH excluding ortho intramolecular Hbond substituents is 1. The number of carbonyl (C=O) groups excluding carboxylic acids is 4. The summed E-state index contributed by atoms with van der Waals surface area (Å²) >= 11 is 0. The second kappa shape index (κ2) is 16.7. The number of nitrogens with zero attached hydrogens (tertiary/aromatic N) is 3. The van der Waals surface area contributed by atoms with Gasteiger partial charge < -0.3 is 39.3 Å². The fraction of sp³-hybridized carbons (Fsp3) is 0.405. The van der Waals surface area contributed by atoms with Gasteiger partial charge in [-0.1, -0.05) is 48.5 Å². The van der Waals surface area contributed by atoms with E-state index in [0.717, 1.165) is 5.56 Å². The van der Waals surface area contributed by atoms with E-state index in [1.54, 1.807) is 47.2 Å². The largest absolute Gasteiger partial charge is 0.504 e. The number of rotatable bonds is 12. The van der Waals surface area contributed by atoms with Crippen molar-refractivity contribution in [1.82, 2.24) is 15.1 Å². The Morgan fingerprint density at radius 2 is 1.71 bits per heavy atom. The average Bonchev–Trinajstić information content (AvgIpc) is 3.10. The molecule has 1 heterocycles. The summed E-state index contributed by atoms with van der Waals surface area (Å²) in [6.45, 7) is 7.56.